The first-order chi connectivity index (χ1) is 6.63. The fraction of sp³-hybridized carbons (Fsp3) is 0.600. The topological polar surface area (TPSA) is 66.4 Å². The van der Waals surface area contributed by atoms with E-state index in [1.54, 1.807) is 6.92 Å². The van der Waals surface area contributed by atoms with Crippen molar-refractivity contribution in [3.63, 3.8) is 0 Å². The predicted molar refractivity (Wildman–Crippen MR) is 51.5 cm³/mol. The number of nitrogens with one attached hydrogen (secondary N) is 1. The molecular weight excluding hydrogens is 182 g/mol. The molecule has 0 bridgehead atoms. The summed E-state index contributed by atoms with van der Waals surface area (Å²) in [6.07, 6.45) is 5.20. The molecule has 4 heteroatoms. The van der Waals surface area contributed by atoms with Crippen LogP contribution in [0.2, 0.25) is 0 Å². The monoisotopic (exact) mass is 197 g/mol. The molecular formula is C10H15NO3. The Morgan fingerprint density at radius 3 is 2.50 bits per heavy atom. The van der Waals surface area contributed by atoms with Crippen molar-refractivity contribution in [3.8, 4) is 0 Å². The number of amides is 1. The van der Waals surface area contributed by atoms with E-state index in [0.29, 0.717) is 12.3 Å². The van der Waals surface area contributed by atoms with Gasteiger partial charge in [-0.05, 0) is 25.7 Å². The zero-order chi connectivity index (χ0) is 10.6. The molecule has 1 rings (SSSR count). The number of carbonyl (C=O) groups is 2. The number of rotatable bonds is 4. The molecule has 1 amide bonds. The fourth-order valence-electron chi connectivity index (χ4n) is 1.41. The molecule has 0 spiro atoms. The highest BCUT2D eigenvalue weighted by atomic mass is 16.4. The first-order valence-corrected chi connectivity index (χ1v) is 4.83. The third kappa shape index (κ3) is 2.87. The van der Waals surface area contributed by atoms with Crippen LogP contribution in [0.25, 0.3) is 0 Å². The van der Waals surface area contributed by atoms with Crippen LogP contribution in [0.15, 0.2) is 11.8 Å². The van der Waals surface area contributed by atoms with Gasteiger partial charge in [-0.15, -0.1) is 0 Å². The average molecular weight is 197 g/mol. The molecule has 2 N–H and O–H groups in total. The second-order valence-corrected chi connectivity index (χ2v) is 3.56. The molecule has 0 unspecified atom stereocenters. The Balaban J connectivity index is 2.34. The Bertz CT molecular complexity index is 267. The van der Waals surface area contributed by atoms with Crippen molar-refractivity contribution in [1.82, 2.24) is 5.32 Å². The van der Waals surface area contributed by atoms with E-state index in [0.717, 1.165) is 12.8 Å². The van der Waals surface area contributed by atoms with E-state index in [4.69, 9.17) is 5.11 Å². The Morgan fingerprint density at radius 2 is 2.14 bits per heavy atom. The number of hydrogen-bond acceptors (Lipinski definition) is 2. The highest BCUT2D eigenvalue weighted by Gasteiger charge is 2.21. The molecule has 0 aromatic carbocycles. The molecule has 0 atom stereocenters. The van der Waals surface area contributed by atoms with Crippen LogP contribution in [0.1, 0.15) is 32.6 Å². The zero-order valence-corrected chi connectivity index (χ0v) is 8.25. The molecule has 0 aromatic heterocycles. The second-order valence-electron chi connectivity index (χ2n) is 3.56. The molecule has 14 heavy (non-hydrogen) atoms. The van der Waals surface area contributed by atoms with Crippen molar-refractivity contribution in [2.45, 2.75) is 32.6 Å². The van der Waals surface area contributed by atoms with Crippen LogP contribution in [0.4, 0.5) is 0 Å². The van der Waals surface area contributed by atoms with Gasteiger partial charge in [0, 0.05) is 6.42 Å². The van der Waals surface area contributed by atoms with Crippen LogP contribution in [0.5, 0.6) is 0 Å². The van der Waals surface area contributed by atoms with E-state index in [-0.39, 0.29) is 11.6 Å². The summed E-state index contributed by atoms with van der Waals surface area (Å²) in [7, 11) is 0. The minimum atomic E-state index is -1.09. The first kappa shape index (κ1) is 10.8. The van der Waals surface area contributed by atoms with Gasteiger partial charge in [0.15, 0.2) is 0 Å². The summed E-state index contributed by atoms with van der Waals surface area (Å²) in [4.78, 5) is 21.9. The lowest BCUT2D eigenvalue weighted by Crippen LogP contribution is -2.30. The molecule has 0 aromatic rings. The van der Waals surface area contributed by atoms with Crippen molar-refractivity contribution in [1.29, 1.82) is 0 Å². The average Bonchev–Trinajstić information content (AvgIpc) is 2.07. The summed E-state index contributed by atoms with van der Waals surface area (Å²) >= 11 is 0. The maximum absolute atomic E-state index is 11.3. The van der Waals surface area contributed by atoms with Gasteiger partial charge in [0.25, 0.3) is 0 Å². The molecule has 1 aliphatic carbocycles. The normalized spacial score (nSPS) is 17.4. The largest absolute Gasteiger partial charge is 0.477 e. The summed E-state index contributed by atoms with van der Waals surface area (Å²) in [5, 5.41) is 11.0. The third-order valence-electron chi connectivity index (χ3n) is 2.49. The highest BCUT2D eigenvalue weighted by Crippen LogP contribution is 2.29. The van der Waals surface area contributed by atoms with E-state index in [1.807, 2.05) is 0 Å². The van der Waals surface area contributed by atoms with Gasteiger partial charge in [-0.3, -0.25) is 4.79 Å². The van der Waals surface area contributed by atoms with Gasteiger partial charge < -0.3 is 10.4 Å². The van der Waals surface area contributed by atoms with Gasteiger partial charge in [-0.25, -0.2) is 4.79 Å². The minimum Gasteiger partial charge on any atom is -0.477 e. The maximum atomic E-state index is 11.3. The molecule has 4 nitrogen and oxygen atoms in total. The van der Waals surface area contributed by atoms with Gasteiger partial charge in [-0.1, -0.05) is 12.5 Å². The van der Waals surface area contributed by atoms with E-state index < -0.39 is 5.97 Å². The predicted octanol–water partition coefficient (Wildman–Crippen LogP) is 1.28. The van der Waals surface area contributed by atoms with Gasteiger partial charge in [0.05, 0.1) is 0 Å². The van der Waals surface area contributed by atoms with Crippen molar-refractivity contribution in [3.05, 3.63) is 11.8 Å². The van der Waals surface area contributed by atoms with Gasteiger partial charge >= 0.3 is 5.97 Å². The molecule has 78 valence electrons. The quantitative estimate of drug-likeness (QED) is 0.667. The van der Waals surface area contributed by atoms with Crippen LogP contribution >= 0.6 is 0 Å². The molecule has 0 radical (unpaired) electrons. The summed E-state index contributed by atoms with van der Waals surface area (Å²) in [5.41, 5.74) is -0.0330. The molecule has 1 aliphatic rings. The number of carboxylic acids is 1. The highest BCUT2D eigenvalue weighted by molar-refractivity contribution is 5.92. The number of hydrogen-bond donors (Lipinski definition) is 2. The molecule has 0 aliphatic heterocycles. The van der Waals surface area contributed by atoms with Crippen LogP contribution in [0, 0.1) is 5.92 Å². The smallest absolute Gasteiger partial charge is 0.352 e. The number of carboxylic acid groups (broad SMARTS) is 1. The maximum Gasteiger partial charge on any atom is 0.352 e. The Kier molecular flexibility index (Phi) is 3.68. The Labute approximate surface area is 83.0 Å². The number of carbonyl (C=O) groups excluding carboxylic acids is 1. The van der Waals surface area contributed by atoms with E-state index in [2.05, 4.69) is 5.32 Å². The SMILES string of the molecule is CC=C(NC(=O)CC1CCC1)C(=O)O. The van der Waals surface area contributed by atoms with Crippen LogP contribution in [0.3, 0.4) is 0 Å². The summed E-state index contributed by atoms with van der Waals surface area (Å²) in [6.45, 7) is 1.59. The van der Waals surface area contributed by atoms with E-state index in [9.17, 15) is 9.59 Å². The summed E-state index contributed by atoms with van der Waals surface area (Å²) in [5.74, 6) is -0.818. The lowest BCUT2D eigenvalue weighted by molar-refractivity contribution is -0.134. The lowest BCUT2D eigenvalue weighted by atomic mass is 9.83. The van der Waals surface area contributed by atoms with Crippen LogP contribution in [-0.4, -0.2) is 17.0 Å². The van der Waals surface area contributed by atoms with Crippen molar-refractivity contribution in [2.75, 3.05) is 0 Å². The first-order valence-electron chi connectivity index (χ1n) is 4.83. The molecule has 1 fully saturated rings. The summed E-state index contributed by atoms with van der Waals surface area (Å²) in [6, 6.07) is 0. The third-order valence-corrected chi connectivity index (χ3v) is 2.49. The Morgan fingerprint density at radius 1 is 1.50 bits per heavy atom. The molecule has 0 saturated heterocycles. The van der Waals surface area contributed by atoms with Gasteiger partial charge in [0.1, 0.15) is 5.70 Å². The summed E-state index contributed by atoms with van der Waals surface area (Å²) < 4.78 is 0. The van der Waals surface area contributed by atoms with Gasteiger partial charge in [-0.2, -0.15) is 0 Å². The second kappa shape index (κ2) is 4.79. The Hall–Kier alpha value is -1.32. The molecule has 1 saturated carbocycles. The lowest BCUT2D eigenvalue weighted by Gasteiger charge is -2.24. The van der Waals surface area contributed by atoms with E-state index >= 15 is 0 Å². The standard InChI is InChI=1S/C10H15NO3/c1-2-8(10(13)14)11-9(12)6-7-4-3-5-7/h2,7H,3-6H2,1H3,(H,11,12)(H,13,14). The zero-order valence-electron chi connectivity index (χ0n) is 8.25. The number of allylic oxidation sites excluding steroid dienone is 1. The minimum absolute atomic E-state index is 0.0330. The van der Waals surface area contributed by atoms with Crippen LogP contribution in [-0.2, 0) is 9.59 Å². The van der Waals surface area contributed by atoms with Crippen molar-refractivity contribution in [2.24, 2.45) is 5.92 Å². The van der Waals surface area contributed by atoms with Crippen molar-refractivity contribution >= 4 is 11.9 Å². The fourth-order valence-corrected chi connectivity index (χ4v) is 1.41. The van der Waals surface area contributed by atoms with Crippen molar-refractivity contribution < 1.29 is 14.7 Å². The molecule has 0 heterocycles. The number of aliphatic carboxylic acids is 1. The van der Waals surface area contributed by atoms with Gasteiger partial charge in [0.2, 0.25) is 5.91 Å². The van der Waals surface area contributed by atoms with E-state index in [1.165, 1.54) is 12.5 Å². The van der Waals surface area contributed by atoms with Crippen LogP contribution < -0.4 is 5.32 Å².